The Labute approximate surface area is 135 Å². The molecule has 0 radical (unpaired) electrons. The Balaban J connectivity index is 1.87. The molecule has 0 saturated heterocycles. The van der Waals surface area contributed by atoms with Gasteiger partial charge in [0.2, 0.25) is 0 Å². The Hall–Kier alpha value is -2.62. The van der Waals surface area contributed by atoms with E-state index in [0.717, 1.165) is 16.9 Å². The fourth-order valence-electron chi connectivity index (χ4n) is 2.98. The molecule has 1 aliphatic heterocycles. The van der Waals surface area contributed by atoms with E-state index < -0.39 is 0 Å². The van der Waals surface area contributed by atoms with Crippen LogP contribution < -0.4 is 4.90 Å². The SMILES string of the molecule is C=C(C)C(=O)OCCN1C2=CC=CCC2C(=O)c2ccccc21. The van der Waals surface area contributed by atoms with Gasteiger partial charge in [0.15, 0.2) is 5.78 Å². The normalized spacial score (nSPS) is 18.8. The fraction of sp³-hybridized carbons (Fsp3) is 0.263. The van der Waals surface area contributed by atoms with Gasteiger partial charge in [-0.25, -0.2) is 4.79 Å². The highest BCUT2D eigenvalue weighted by Gasteiger charge is 2.35. The number of hydrogen-bond acceptors (Lipinski definition) is 4. The van der Waals surface area contributed by atoms with E-state index in [0.29, 0.717) is 18.5 Å². The van der Waals surface area contributed by atoms with Crippen LogP contribution in [0, 0.1) is 5.92 Å². The molecule has 1 heterocycles. The zero-order chi connectivity index (χ0) is 16.4. The molecule has 1 atom stereocenters. The summed E-state index contributed by atoms with van der Waals surface area (Å²) < 4.78 is 5.22. The summed E-state index contributed by atoms with van der Waals surface area (Å²) in [6.45, 7) is 5.97. The number of carbonyl (C=O) groups is 2. The lowest BCUT2D eigenvalue weighted by Crippen LogP contribution is -2.39. The topological polar surface area (TPSA) is 46.6 Å². The lowest BCUT2D eigenvalue weighted by Gasteiger charge is -2.38. The maximum Gasteiger partial charge on any atom is 0.333 e. The molecule has 4 nitrogen and oxygen atoms in total. The number of Topliss-reactive ketones (excluding diaryl/α,β-unsaturated/α-hetero) is 1. The van der Waals surface area contributed by atoms with E-state index in [1.807, 2.05) is 42.5 Å². The molecule has 1 aromatic rings. The molecule has 4 heteroatoms. The Morgan fingerprint density at radius 2 is 2.17 bits per heavy atom. The highest BCUT2D eigenvalue weighted by atomic mass is 16.5. The van der Waals surface area contributed by atoms with Crippen molar-refractivity contribution in [2.45, 2.75) is 13.3 Å². The number of fused-ring (bicyclic) bond motifs is 2. The number of hydrogen-bond donors (Lipinski definition) is 0. The van der Waals surface area contributed by atoms with E-state index in [9.17, 15) is 9.59 Å². The average Bonchev–Trinajstić information content (AvgIpc) is 2.57. The van der Waals surface area contributed by atoms with Crippen molar-refractivity contribution in [1.29, 1.82) is 0 Å². The highest BCUT2D eigenvalue weighted by molar-refractivity contribution is 6.07. The number of rotatable bonds is 4. The van der Waals surface area contributed by atoms with Crippen molar-refractivity contribution < 1.29 is 14.3 Å². The van der Waals surface area contributed by atoms with Crippen molar-refractivity contribution in [3.8, 4) is 0 Å². The van der Waals surface area contributed by atoms with Gasteiger partial charge in [-0.15, -0.1) is 0 Å². The van der Waals surface area contributed by atoms with Gasteiger partial charge in [0.05, 0.1) is 18.2 Å². The first kappa shape index (κ1) is 15.3. The van der Waals surface area contributed by atoms with Crippen molar-refractivity contribution in [2.75, 3.05) is 18.1 Å². The number of allylic oxidation sites excluding steroid dienone is 4. The maximum absolute atomic E-state index is 12.7. The molecule has 0 spiro atoms. The number of anilines is 1. The van der Waals surface area contributed by atoms with E-state index >= 15 is 0 Å². The van der Waals surface area contributed by atoms with Crippen LogP contribution in [-0.2, 0) is 9.53 Å². The summed E-state index contributed by atoms with van der Waals surface area (Å²) in [5.41, 5.74) is 2.97. The smallest absolute Gasteiger partial charge is 0.333 e. The standard InChI is InChI=1S/C19H19NO3/c1-13(2)19(22)23-12-11-20-16-9-5-3-7-14(16)18(21)15-8-4-6-10-17(15)20/h3-7,9-10,15H,1,8,11-12H2,2H3. The van der Waals surface area contributed by atoms with Crippen molar-refractivity contribution in [3.05, 3.63) is 65.9 Å². The number of para-hydroxylation sites is 1. The van der Waals surface area contributed by atoms with Crippen LogP contribution in [0.4, 0.5) is 5.69 Å². The Morgan fingerprint density at radius 3 is 2.96 bits per heavy atom. The van der Waals surface area contributed by atoms with E-state index in [-0.39, 0.29) is 24.3 Å². The molecule has 0 bridgehead atoms. The number of esters is 1. The molecule has 0 amide bonds. The summed E-state index contributed by atoms with van der Waals surface area (Å²) in [5, 5.41) is 0. The Bertz CT molecular complexity index is 730. The first-order valence-electron chi connectivity index (χ1n) is 7.69. The zero-order valence-corrected chi connectivity index (χ0v) is 13.1. The third kappa shape index (κ3) is 2.84. The number of carbonyl (C=O) groups excluding carboxylic acids is 2. The number of nitrogens with zero attached hydrogens (tertiary/aromatic N) is 1. The molecule has 3 rings (SSSR count). The molecule has 1 aliphatic carbocycles. The molecule has 118 valence electrons. The molecule has 23 heavy (non-hydrogen) atoms. The molecular formula is C19H19NO3. The Morgan fingerprint density at radius 1 is 1.39 bits per heavy atom. The average molecular weight is 309 g/mol. The second kappa shape index (κ2) is 6.24. The zero-order valence-electron chi connectivity index (χ0n) is 13.1. The molecule has 2 aliphatic rings. The van der Waals surface area contributed by atoms with Crippen molar-refractivity contribution >= 4 is 17.4 Å². The number of benzene rings is 1. The minimum Gasteiger partial charge on any atom is -0.460 e. The minimum absolute atomic E-state index is 0.147. The number of ether oxygens (including phenoxy) is 1. The third-order valence-corrected chi connectivity index (χ3v) is 4.12. The summed E-state index contributed by atoms with van der Waals surface area (Å²) in [6, 6.07) is 7.59. The van der Waals surface area contributed by atoms with Gasteiger partial charge in [-0.05, 0) is 31.6 Å². The molecule has 0 aromatic heterocycles. The predicted octanol–water partition coefficient (Wildman–Crippen LogP) is 3.27. The Kier molecular flexibility index (Phi) is 4.15. The quantitative estimate of drug-likeness (QED) is 0.632. The van der Waals surface area contributed by atoms with Gasteiger partial charge in [0.1, 0.15) is 6.61 Å². The van der Waals surface area contributed by atoms with E-state index in [1.165, 1.54) is 0 Å². The molecule has 1 aromatic carbocycles. The third-order valence-electron chi connectivity index (χ3n) is 4.12. The van der Waals surface area contributed by atoms with E-state index in [1.54, 1.807) is 6.92 Å². The summed E-state index contributed by atoms with van der Waals surface area (Å²) in [7, 11) is 0. The van der Waals surface area contributed by atoms with Gasteiger partial charge in [-0.2, -0.15) is 0 Å². The van der Waals surface area contributed by atoms with Gasteiger partial charge in [-0.3, -0.25) is 4.79 Å². The van der Waals surface area contributed by atoms with Crippen LogP contribution in [0.3, 0.4) is 0 Å². The van der Waals surface area contributed by atoms with Crippen molar-refractivity contribution in [1.82, 2.24) is 0 Å². The van der Waals surface area contributed by atoms with Gasteiger partial charge in [0.25, 0.3) is 0 Å². The monoisotopic (exact) mass is 309 g/mol. The summed E-state index contributed by atoms with van der Waals surface area (Å²) >= 11 is 0. The predicted molar refractivity (Wildman–Crippen MR) is 89.2 cm³/mol. The highest BCUT2D eigenvalue weighted by Crippen LogP contribution is 2.38. The number of ketones is 1. The molecule has 0 saturated carbocycles. The van der Waals surface area contributed by atoms with Crippen LogP contribution in [0.5, 0.6) is 0 Å². The molecule has 0 fully saturated rings. The largest absolute Gasteiger partial charge is 0.460 e. The second-order valence-electron chi connectivity index (χ2n) is 5.76. The van der Waals surface area contributed by atoms with Gasteiger partial charge < -0.3 is 9.64 Å². The fourth-order valence-corrected chi connectivity index (χ4v) is 2.98. The van der Waals surface area contributed by atoms with Crippen LogP contribution >= 0.6 is 0 Å². The van der Waals surface area contributed by atoms with Crippen LogP contribution in [0.2, 0.25) is 0 Å². The first-order chi connectivity index (χ1) is 11.1. The molecule has 0 N–H and O–H groups in total. The minimum atomic E-state index is -0.388. The van der Waals surface area contributed by atoms with Gasteiger partial charge >= 0.3 is 5.97 Å². The summed E-state index contributed by atoms with van der Waals surface area (Å²) in [5.74, 6) is -0.376. The molecule has 1 unspecified atom stereocenters. The second-order valence-corrected chi connectivity index (χ2v) is 5.76. The van der Waals surface area contributed by atoms with Crippen LogP contribution in [-0.4, -0.2) is 24.9 Å². The van der Waals surface area contributed by atoms with Crippen molar-refractivity contribution in [2.24, 2.45) is 5.92 Å². The maximum atomic E-state index is 12.7. The summed E-state index contributed by atoms with van der Waals surface area (Å²) in [6.07, 6.45) is 6.67. The van der Waals surface area contributed by atoms with Crippen molar-refractivity contribution in [3.63, 3.8) is 0 Å². The van der Waals surface area contributed by atoms with E-state index in [2.05, 4.69) is 11.5 Å². The lowest BCUT2D eigenvalue weighted by atomic mass is 9.83. The van der Waals surface area contributed by atoms with Gasteiger partial charge in [0, 0.05) is 16.8 Å². The van der Waals surface area contributed by atoms with E-state index in [4.69, 9.17) is 4.74 Å². The molecular weight excluding hydrogens is 290 g/mol. The van der Waals surface area contributed by atoms with Crippen LogP contribution in [0.1, 0.15) is 23.7 Å². The summed E-state index contributed by atoms with van der Waals surface area (Å²) in [4.78, 5) is 26.3. The van der Waals surface area contributed by atoms with Crippen LogP contribution in [0.15, 0.2) is 60.3 Å². The lowest BCUT2D eigenvalue weighted by molar-refractivity contribution is -0.138. The van der Waals surface area contributed by atoms with Gasteiger partial charge in [-0.1, -0.05) is 30.9 Å². The first-order valence-corrected chi connectivity index (χ1v) is 7.69. The van der Waals surface area contributed by atoms with Crippen LogP contribution in [0.25, 0.3) is 0 Å².